The molecule has 0 fully saturated rings. The van der Waals surface area contributed by atoms with Gasteiger partial charge in [-0.3, -0.25) is 0 Å². The number of carbonyl (C=O) groups excluding carboxylic acids is 1. The zero-order valence-electron chi connectivity index (χ0n) is 13.8. The zero-order chi connectivity index (χ0) is 16.1. The van der Waals surface area contributed by atoms with Crippen molar-refractivity contribution in [2.75, 3.05) is 0 Å². The number of rotatable bonds is 4. The minimum Gasteiger partial charge on any atom is -0.333 e. The fourth-order valence-electron chi connectivity index (χ4n) is 2.88. The van der Waals surface area contributed by atoms with E-state index in [1.807, 2.05) is 60.4 Å². The first kappa shape index (κ1) is 18.4. The Morgan fingerprint density at radius 1 is 0.667 bits per heavy atom. The number of hydrogen-bond acceptors (Lipinski definition) is 1. The van der Waals surface area contributed by atoms with Crippen LogP contribution < -0.4 is 34.8 Å². The summed E-state index contributed by atoms with van der Waals surface area (Å²) in [5, 5.41) is 3.48. The van der Waals surface area contributed by atoms with Crippen molar-refractivity contribution in [3.05, 3.63) is 97.9 Å². The minimum absolute atomic E-state index is 0. The van der Waals surface area contributed by atoms with Crippen molar-refractivity contribution in [1.29, 1.82) is 0 Å². The molecule has 0 heterocycles. The molecule has 3 aromatic carbocycles. The molecule has 0 spiro atoms. The second-order valence-corrected chi connectivity index (χ2v) is 8.58. The molecule has 3 rings (SSSR count). The van der Waals surface area contributed by atoms with Crippen molar-refractivity contribution in [3.63, 3.8) is 0 Å². The number of Topliss-reactive ketones (excluding diaryl/α,β-unsaturated/α-hetero) is 1. The van der Waals surface area contributed by atoms with Crippen LogP contribution >= 0.6 is 6.89 Å². The average molecular weight is 324 g/mol. The van der Waals surface area contributed by atoms with Gasteiger partial charge in [-0.1, -0.05) is 97.9 Å². The van der Waals surface area contributed by atoms with Gasteiger partial charge in [0.05, 0.1) is 0 Å². The first-order valence-electron chi connectivity index (χ1n) is 7.51. The van der Waals surface area contributed by atoms with Gasteiger partial charge in [0.15, 0.2) is 0 Å². The SMILES string of the molecule is [CH2-]C(=O)C=P(c1ccccc1)(c1ccccc1)c1ccccc1.[Li+]. The van der Waals surface area contributed by atoms with Crippen molar-refractivity contribution >= 4 is 34.4 Å². The van der Waals surface area contributed by atoms with Crippen molar-refractivity contribution in [3.8, 4) is 0 Å². The molecule has 0 aromatic heterocycles. The zero-order valence-corrected chi connectivity index (χ0v) is 14.7. The average Bonchev–Trinajstić information content (AvgIpc) is 2.62. The standard InChI is InChI=1S/C21H18OP.Li/c1-18(22)17-23(19-11-5-2-6-12-19,20-13-7-3-8-14-20)21-15-9-4-10-16-21;/h2-17H,1H2;/q-1;+1. The fraction of sp³-hybridized carbons (Fsp3) is 0. The molecule has 0 radical (unpaired) electrons. The molecule has 0 bridgehead atoms. The van der Waals surface area contributed by atoms with Crippen LogP contribution in [-0.4, -0.2) is 11.6 Å². The van der Waals surface area contributed by atoms with Crippen LogP contribution in [0.2, 0.25) is 0 Å². The summed E-state index contributed by atoms with van der Waals surface area (Å²) in [6.07, 6.45) is 0. The second-order valence-electron chi connectivity index (χ2n) is 5.32. The molecule has 0 aliphatic carbocycles. The molecule has 0 saturated carbocycles. The number of ketones is 1. The largest absolute Gasteiger partial charge is 1.00 e. The Morgan fingerprint density at radius 3 is 1.21 bits per heavy atom. The first-order chi connectivity index (χ1) is 11.2. The summed E-state index contributed by atoms with van der Waals surface area (Å²) in [4.78, 5) is 12.0. The van der Waals surface area contributed by atoms with Crippen LogP contribution in [0.5, 0.6) is 0 Å². The molecule has 0 aliphatic heterocycles. The van der Waals surface area contributed by atoms with E-state index in [0.717, 1.165) is 15.9 Å². The smallest absolute Gasteiger partial charge is 0.333 e. The topological polar surface area (TPSA) is 17.1 Å². The summed E-state index contributed by atoms with van der Waals surface area (Å²) in [6.45, 7) is 1.49. The van der Waals surface area contributed by atoms with Crippen molar-refractivity contribution in [1.82, 2.24) is 0 Å². The van der Waals surface area contributed by atoms with Gasteiger partial charge >= 0.3 is 18.9 Å². The van der Waals surface area contributed by atoms with Gasteiger partial charge in [-0.25, -0.2) is 0 Å². The Labute approximate surface area is 155 Å². The van der Waals surface area contributed by atoms with E-state index in [9.17, 15) is 4.79 Å². The Morgan fingerprint density at radius 2 is 0.958 bits per heavy atom. The van der Waals surface area contributed by atoms with Gasteiger partial charge in [-0.05, 0) is 15.9 Å². The summed E-state index contributed by atoms with van der Waals surface area (Å²) in [5.74, 6) is 1.68. The fourth-order valence-corrected chi connectivity index (χ4v) is 6.58. The van der Waals surface area contributed by atoms with E-state index in [1.54, 1.807) is 0 Å². The van der Waals surface area contributed by atoms with Crippen LogP contribution in [-0.2, 0) is 4.79 Å². The molecule has 3 aromatic rings. The predicted molar refractivity (Wildman–Crippen MR) is 102 cm³/mol. The van der Waals surface area contributed by atoms with Crippen molar-refractivity contribution in [2.24, 2.45) is 0 Å². The minimum atomic E-state index is -2.15. The van der Waals surface area contributed by atoms with E-state index in [0.29, 0.717) is 0 Å². The van der Waals surface area contributed by atoms with Gasteiger partial charge < -0.3 is 4.79 Å². The van der Waals surface area contributed by atoms with Crippen LogP contribution in [0, 0.1) is 6.92 Å². The predicted octanol–water partition coefficient (Wildman–Crippen LogP) is 0.190. The van der Waals surface area contributed by atoms with Crippen LogP contribution in [0.15, 0.2) is 91.0 Å². The van der Waals surface area contributed by atoms with E-state index in [1.165, 1.54) is 0 Å². The Bertz CT molecular complexity index is 739. The molecule has 0 aliphatic rings. The first-order valence-corrected chi connectivity index (χ1v) is 9.37. The summed E-state index contributed by atoms with van der Waals surface area (Å²) in [6, 6.07) is 30.8. The van der Waals surface area contributed by atoms with Crippen LogP contribution in [0.25, 0.3) is 0 Å². The normalized spacial score (nSPS) is 10.5. The summed E-state index contributed by atoms with van der Waals surface area (Å²) in [7, 11) is 0. The number of hydrogen-bond donors (Lipinski definition) is 0. The van der Waals surface area contributed by atoms with Gasteiger partial charge in [0, 0.05) is 5.78 Å². The number of carbonyl (C=O) groups is 1. The Kier molecular flexibility index (Phi) is 6.35. The van der Waals surface area contributed by atoms with E-state index in [2.05, 4.69) is 43.3 Å². The van der Waals surface area contributed by atoms with Crippen LogP contribution in [0.1, 0.15) is 0 Å². The molecule has 0 atom stereocenters. The van der Waals surface area contributed by atoms with Gasteiger partial charge in [0.2, 0.25) is 0 Å². The molecule has 0 unspecified atom stereocenters. The summed E-state index contributed by atoms with van der Waals surface area (Å²) >= 11 is 0. The molecule has 114 valence electrons. The monoisotopic (exact) mass is 324 g/mol. The molecule has 24 heavy (non-hydrogen) atoms. The molecule has 0 saturated heterocycles. The van der Waals surface area contributed by atoms with Gasteiger partial charge in [-0.15, -0.1) is 0 Å². The summed E-state index contributed by atoms with van der Waals surface area (Å²) in [5.41, 5.74) is 0. The molecule has 1 nitrogen and oxygen atoms in total. The van der Waals surface area contributed by atoms with Gasteiger partial charge in [0.25, 0.3) is 0 Å². The maximum absolute atomic E-state index is 12.0. The molecule has 0 amide bonds. The maximum atomic E-state index is 12.0. The quantitative estimate of drug-likeness (QED) is 0.380. The van der Waals surface area contributed by atoms with Crippen molar-refractivity contribution in [2.45, 2.75) is 0 Å². The molecule has 0 N–H and O–H groups in total. The molecule has 3 heteroatoms. The third kappa shape index (κ3) is 3.60. The third-order valence-corrected chi connectivity index (χ3v) is 7.84. The Balaban J connectivity index is 0.00000208. The maximum Gasteiger partial charge on any atom is 1.00 e. The van der Waals surface area contributed by atoms with E-state index < -0.39 is 6.89 Å². The Hall–Kier alpha value is -1.90. The molecular weight excluding hydrogens is 306 g/mol. The van der Waals surface area contributed by atoms with Crippen LogP contribution in [0.3, 0.4) is 0 Å². The second kappa shape index (κ2) is 8.27. The molecular formula is C21H18LiOP. The number of benzene rings is 3. The van der Waals surface area contributed by atoms with Gasteiger partial charge in [-0.2, -0.15) is 12.7 Å². The van der Waals surface area contributed by atoms with Crippen molar-refractivity contribution < 1.29 is 23.7 Å². The van der Waals surface area contributed by atoms with Gasteiger partial charge in [0.1, 0.15) is 0 Å². The van der Waals surface area contributed by atoms with E-state index in [4.69, 9.17) is 0 Å². The van der Waals surface area contributed by atoms with E-state index in [-0.39, 0.29) is 24.6 Å². The third-order valence-electron chi connectivity index (χ3n) is 3.83. The van der Waals surface area contributed by atoms with Crippen LogP contribution in [0.4, 0.5) is 0 Å². The van der Waals surface area contributed by atoms with E-state index >= 15 is 0 Å². The summed E-state index contributed by atoms with van der Waals surface area (Å²) < 4.78 is 0.